The van der Waals surface area contributed by atoms with Gasteiger partial charge in [0.1, 0.15) is 0 Å². The molecule has 1 aromatic rings. The van der Waals surface area contributed by atoms with Crippen LogP contribution in [0.1, 0.15) is 19.4 Å². The van der Waals surface area contributed by atoms with Gasteiger partial charge in [0.2, 0.25) is 0 Å². The number of hydrogen-bond donors (Lipinski definition) is 0. The molecule has 0 aliphatic rings. The zero-order chi connectivity index (χ0) is 10.4. The molecule has 0 saturated heterocycles. The van der Waals surface area contributed by atoms with Crippen molar-refractivity contribution in [2.24, 2.45) is 0 Å². The normalized spacial score (nSPS) is 10.7. The van der Waals surface area contributed by atoms with Gasteiger partial charge in [-0.05, 0) is 36.4 Å². The summed E-state index contributed by atoms with van der Waals surface area (Å²) in [5, 5.41) is 0. The molecular weight excluding hydrogens is 192 g/mol. The smallest absolute Gasteiger partial charge is 0.152 e. The lowest BCUT2D eigenvalue weighted by molar-refractivity contribution is -0.112. The Hall–Kier alpha value is -1.02. The molecule has 0 unspecified atom stereocenters. The van der Waals surface area contributed by atoms with Gasteiger partial charge in [-0.2, -0.15) is 0 Å². The lowest BCUT2D eigenvalue weighted by Crippen LogP contribution is -1.80. The Kier molecular flexibility index (Phi) is 4.47. The quantitative estimate of drug-likeness (QED) is 0.555. The van der Waals surface area contributed by atoms with Crippen LogP contribution in [-0.2, 0) is 4.79 Å². The van der Waals surface area contributed by atoms with Gasteiger partial charge in [0, 0.05) is 4.90 Å². The number of thioether (sulfide) groups is 1. The number of rotatable bonds is 4. The number of carbonyl (C=O) groups excluding carboxylic acids is 1. The minimum atomic E-state index is 0.0820. The van der Waals surface area contributed by atoms with Crippen LogP contribution >= 0.6 is 11.8 Å². The molecule has 74 valence electrons. The molecule has 0 heterocycles. The van der Waals surface area contributed by atoms with E-state index in [1.54, 1.807) is 24.8 Å². The zero-order valence-corrected chi connectivity index (χ0v) is 9.30. The molecular formula is C12H14OS. The van der Waals surface area contributed by atoms with Crippen molar-refractivity contribution < 1.29 is 4.79 Å². The Bertz CT molecular complexity index is 342. The van der Waals surface area contributed by atoms with E-state index in [9.17, 15) is 4.79 Å². The molecule has 0 amide bonds. The monoisotopic (exact) mass is 206 g/mol. The van der Waals surface area contributed by atoms with Gasteiger partial charge in [-0.3, -0.25) is 4.79 Å². The van der Waals surface area contributed by atoms with Crippen LogP contribution in [0.5, 0.6) is 0 Å². The van der Waals surface area contributed by atoms with Crippen LogP contribution in [-0.4, -0.2) is 11.5 Å². The molecule has 1 rings (SSSR count). The van der Waals surface area contributed by atoms with E-state index in [1.165, 1.54) is 4.90 Å². The van der Waals surface area contributed by atoms with Gasteiger partial charge >= 0.3 is 0 Å². The molecule has 2 heteroatoms. The first-order chi connectivity index (χ1) is 6.72. The van der Waals surface area contributed by atoms with E-state index in [0.717, 1.165) is 11.3 Å². The fourth-order valence-electron chi connectivity index (χ4n) is 1.09. The summed E-state index contributed by atoms with van der Waals surface area (Å²) in [5.41, 5.74) is 1.08. The molecule has 0 atom stereocenters. The third-order valence-corrected chi connectivity index (χ3v) is 2.56. The Labute approximate surface area is 89.2 Å². The SMILES string of the molecule is CCSc1cccc(/C=C/C(C)=O)c1. The number of benzene rings is 1. The molecule has 0 fully saturated rings. The van der Waals surface area contributed by atoms with Crippen molar-refractivity contribution in [1.82, 2.24) is 0 Å². The van der Waals surface area contributed by atoms with Crippen LogP contribution in [0.25, 0.3) is 6.08 Å². The number of allylic oxidation sites excluding steroid dienone is 1. The fraction of sp³-hybridized carbons (Fsp3) is 0.250. The van der Waals surface area contributed by atoms with Crippen molar-refractivity contribution in [3.8, 4) is 0 Å². The van der Waals surface area contributed by atoms with Gasteiger partial charge in [-0.1, -0.05) is 25.1 Å². The zero-order valence-electron chi connectivity index (χ0n) is 8.49. The van der Waals surface area contributed by atoms with Gasteiger partial charge < -0.3 is 0 Å². The van der Waals surface area contributed by atoms with E-state index in [4.69, 9.17) is 0 Å². The van der Waals surface area contributed by atoms with E-state index in [-0.39, 0.29) is 5.78 Å². The molecule has 0 aliphatic carbocycles. The summed E-state index contributed by atoms with van der Waals surface area (Å²) < 4.78 is 0. The topological polar surface area (TPSA) is 17.1 Å². The highest BCUT2D eigenvalue weighted by Gasteiger charge is 1.92. The van der Waals surface area contributed by atoms with Crippen LogP contribution < -0.4 is 0 Å². The fourth-order valence-corrected chi connectivity index (χ4v) is 1.82. The number of hydrogen-bond acceptors (Lipinski definition) is 2. The molecule has 0 aliphatic heterocycles. The summed E-state index contributed by atoms with van der Waals surface area (Å²) >= 11 is 1.80. The third-order valence-electron chi connectivity index (χ3n) is 1.68. The van der Waals surface area contributed by atoms with Crippen molar-refractivity contribution in [3.63, 3.8) is 0 Å². The van der Waals surface area contributed by atoms with Gasteiger partial charge in [-0.15, -0.1) is 11.8 Å². The lowest BCUT2D eigenvalue weighted by atomic mass is 10.2. The van der Waals surface area contributed by atoms with Gasteiger partial charge in [-0.25, -0.2) is 0 Å². The molecule has 0 saturated carbocycles. The van der Waals surface area contributed by atoms with Gasteiger partial charge in [0.25, 0.3) is 0 Å². The minimum Gasteiger partial charge on any atom is -0.295 e. The molecule has 1 aromatic carbocycles. The highest BCUT2D eigenvalue weighted by atomic mass is 32.2. The second-order valence-electron chi connectivity index (χ2n) is 2.95. The Morgan fingerprint density at radius 1 is 1.50 bits per heavy atom. The number of carbonyl (C=O) groups is 1. The standard InChI is InChI=1S/C12H14OS/c1-3-14-12-6-4-5-11(9-12)8-7-10(2)13/h4-9H,3H2,1-2H3/b8-7+. The Morgan fingerprint density at radius 3 is 2.93 bits per heavy atom. The summed E-state index contributed by atoms with van der Waals surface area (Å²) in [6.07, 6.45) is 3.44. The van der Waals surface area contributed by atoms with Crippen molar-refractivity contribution in [2.75, 3.05) is 5.75 Å². The summed E-state index contributed by atoms with van der Waals surface area (Å²) in [7, 11) is 0. The Morgan fingerprint density at radius 2 is 2.29 bits per heavy atom. The van der Waals surface area contributed by atoms with Gasteiger partial charge in [0.15, 0.2) is 5.78 Å². The van der Waals surface area contributed by atoms with E-state index in [1.807, 2.05) is 18.2 Å². The highest BCUT2D eigenvalue weighted by molar-refractivity contribution is 7.99. The first-order valence-corrected chi connectivity index (χ1v) is 5.62. The predicted molar refractivity (Wildman–Crippen MR) is 62.6 cm³/mol. The molecule has 14 heavy (non-hydrogen) atoms. The third kappa shape index (κ3) is 3.79. The summed E-state index contributed by atoms with van der Waals surface area (Å²) in [5.74, 6) is 1.15. The lowest BCUT2D eigenvalue weighted by Gasteiger charge is -1.99. The van der Waals surface area contributed by atoms with Crippen LogP contribution in [0.3, 0.4) is 0 Å². The largest absolute Gasteiger partial charge is 0.295 e. The first-order valence-electron chi connectivity index (χ1n) is 4.64. The van der Waals surface area contributed by atoms with Crippen LogP contribution in [0.2, 0.25) is 0 Å². The molecule has 1 nitrogen and oxygen atoms in total. The van der Waals surface area contributed by atoms with E-state index < -0.39 is 0 Å². The van der Waals surface area contributed by atoms with E-state index in [2.05, 4.69) is 19.1 Å². The van der Waals surface area contributed by atoms with Crippen LogP contribution in [0.4, 0.5) is 0 Å². The second kappa shape index (κ2) is 5.66. The average molecular weight is 206 g/mol. The van der Waals surface area contributed by atoms with Crippen molar-refractivity contribution in [3.05, 3.63) is 35.9 Å². The maximum Gasteiger partial charge on any atom is 0.152 e. The Balaban J connectivity index is 2.77. The molecule has 0 spiro atoms. The summed E-state index contributed by atoms with van der Waals surface area (Å²) in [6, 6.07) is 8.18. The number of ketones is 1. The minimum absolute atomic E-state index is 0.0820. The van der Waals surface area contributed by atoms with Crippen molar-refractivity contribution >= 4 is 23.6 Å². The molecule has 0 N–H and O–H groups in total. The van der Waals surface area contributed by atoms with Crippen molar-refractivity contribution in [2.45, 2.75) is 18.7 Å². The molecule has 0 bridgehead atoms. The van der Waals surface area contributed by atoms with E-state index in [0.29, 0.717) is 0 Å². The van der Waals surface area contributed by atoms with Gasteiger partial charge in [0.05, 0.1) is 0 Å². The maximum atomic E-state index is 10.7. The van der Waals surface area contributed by atoms with Crippen LogP contribution in [0, 0.1) is 0 Å². The first kappa shape index (κ1) is 11.1. The average Bonchev–Trinajstić information content (AvgIpc) is 2.16. The van der Waals surface area contributed by atoms with E-state index >= 15 is 0 Å². The summed E-state index contributed by atoms with van der Waals surface area (Å²) in [4.78, 5) is 12.0. The maximum absolute atomic E-state index is 10.7. The highest BCUT2D eigenvalue weighted by Crippen LogP contribution is 2.19. The second-order valence-corrected chi connectivity index (χ2v) is 4.29. The molecule has 0 radical (unpaired) electrons. The van der Waals surface area contributed by atoms with Crippen molar-refractivity contribution in [1.29, 1.82) is 0 Å². The summed E-state index contributed by atoms with van der Waals surface area (Å²) in [6.45, 7) is 3.68. The molecule has 0 aromatic heterocycles. The predicted octanol–water partition coefficient (Wildman–Crippen LogP) is 3.40. The van der Waals surface area contributed by atoms with Crippen LogP contribution in [0.15, 0.2) is 35.2 Å².